The molecule has 3 heteroatoms. The van der Waals surface area contributed by atoms with E-state index < -0.39 is 0 Å². The van der Waals surface area contributed by atoms with E-state index in [1.54, 1.807) is 0 Å². The molecule has 0 saturated carbocycles. The van der Waals surface area contributed by atoms with Gasteiger partial charge in [0.25, 0.3) is 0 Å². The van der Waals surface area contributed by atoms with Crippen LogP contribution in [0.1, 0.15) is 30.6 Å². The van der Waals surface area contributed by atoms with Gasteiger partial charge in [-0.2, -0.15) is 0 Å². The van der Waals surface area contributed by atoms with Crippen LogP contribution >= 0.6 is 0 Å². The number of hydrogen-bond acceptors (Lipinski definition) is 2. The smallest absolute Gasteiger partial charge is 0.106 e. The first kappa shape index (κ1) is 8.75. The molecule has 1 N–H and O–H groups in total. The standard InChI is InChI=1S/C10H17N3/c1-3-6-13-8(2)12-9-4-5-11-7-10(9)13/h11H,3-7H2,1-2H3. The molecular weight excluding hydrogens is 162 g/mol. The van der Waals surface area contributed by atoms with Crippen LogP contribution < -0.4 is 5.32 Å². The quantitative estimate of drug-likeness (QED) is 0.740. The second-order valence-electron chi connectivity index (χ2n) is 3.63. The Morgan fingerprint density at radius 2 is 2.38 bits per heavy atom. The summed E-state index contributed by atoms with van der Waals surface area (Å²) in [6, 6.07) is 0. The Labute approximate surface area is 79.2 Å². The molecule has 0 spiro atoms. The molecule has 2 rings (SSSR count). The van der Waals surface area contributed by atoms with Crippen LogP contribution in [0.25, 0.3) is 0 Å². The summed E-state index contributed by atoms with van der Waals surface area (Å²) in [5.74, 6) is 1.18. The predicted octanol–water partition coefficient (Wildman–Crippen LogP) is 1.25. The zero-order valence-electron chi connectivity index (χ0n) is 8.43. The third-order valence-corrected chi connectivity index (χ3v) is 2.62. The highest BCUT2D eigenvalue weighted by Crippen LogP contribution is 2.15. The molecule has 1 aliphatic rings. The van der Waals surface area contributed by atoms with Gasteiger partial charge in [0.2, 0.25) is 0 Å². The van der Waals surface area contributed by atoms with E-state index in [2.05, 4.69) is 28.7 Å². The Kier molecular flexibility index (Phi) is 2.36. The maximum absolute atomic E-state index is 4.59. The summed E-state index contributed by atoms with van der Waals surface area (Å²) in [7, 11) is 0. The number of nitrogens with one attached hydrogen (secondary N) is 1. The van der Waals surface area contributed by atoms with Crippen LogP contribution in [0.4, 0.5) is 0 Å². The number of nitrogens with zero attached hydrogens (tertiary/aromatic N) is 2. The number of fused-ring (bicyclic) bond motifs is 1. The molecule has 13 heavy (non-hydrogen) atoms. The van der Waals surface area contributed by atoms with Crippen molar-refractivity contribution in [2.75, 3.05) is 6.54 Å². The number of hydrogen-bond donors (Lipinski definition) is 1. The molecule has 72 valence electrons. The van der Waals surface area contributed by atoms with Gasteiger partial charge in [0.15, 0.2) is 0 Å². The summed E-state index contributed by atoms with van der Waals surface area (Å²) in [6.45, 7) is 7.50. The van der Waals surface area contributed by atoms with E-state index in [-0.39, 0.29) is 0 Å². The summed E-state index contributed by atoms with van der Waals surface area (Å²) >= 11 is 0. The Morgan fingerprint density at radius 1 is 1.54 bits per heavy atom. The first-order valence-electron chi connectivity index (χ1n) is 5.08. The summed E-state index contributed by atoms with van der Waals surface area (Å²) in [4.78, 5) is 4.59. The minimum atomic E-state index is 0.996. The molecule has 2 heterocycles. The maximum atomic E-state index is 4.59. The monoisotopic (exact) mass is 179 g/mol. The van der Waals surface area contributed by atoms with Gasteiger partial charge in [-0.25, -0.2) is 4.98 Å². The van der Waals surface area contributed by atoms with Crippen LogP contribution in [-0.4, -0.2) is 16.1 Å². The van der Waals surface area contributed by atoms with Crippen molar-refractivity contribution in [3.8, 4) is 0 Å². The molecule has 0 bridgehead atoms. The van der Waals surface area contributed by atoms with Crippen LogP contribution in [0, 0.1) is 6.92 Å². The average molecular weight is 179 g/mol. The highest BCUT2D eigenvalue weighted by molar-refractivity contribution is 5.19. The van der Waals surface area contributed by atoms with Gasteiger partial charge in [-0.05, 0) is 13.3 Å². The van der Waals surface area contributed by atoms with Crippen molar-refractivity contribution in [1.82, 2.24) is 14.9 Å². The zero-order chi connectivity index (χ0) is 9.26. The van der Waals surface area contributed by atoms with Crippen molar-refractivity contribution >= 4 is 0 Å². The number of aryl methyl sites for hydroxylation is 1. The minimum absolute atomic E-state index is 0.996. The zero-order valence-corrected chi connectivity index (χ0v) is 8.43. The fourth-order valence-electron chi connectivity index (χ4n) is 2.00. The molecule has 0 unspecified atom stereocenters. The van der Waals surface area contributed by atoms with Gasteiger partial charge in [-0.15, -0.1) is 0 Å². The van der Waals surface area contributed by atoms with Crippen molar-refractivity contribution in [2.45, 2.75) is 39.8 Å². The Balaban J connectivity index is 2.36. The van der Waals surface area contributed by atoms with Crippen molar-refractivity contribution < 1.29 is 0 Å². The molecule has 1 aliphatic heterocycles. The van der Waals surface area contributed by atoms with Crippen molar-refractivity contribution in [3.63, 3.8) is 0 Å². The minimum Gasteiger partial charge on any atom is -0.331 e. The Morgan fingerprint density at radius 3 is 3.15 bits per heavy atom. The lowest BCUT2D eigenvalue weighted by Gasteiger charge is -2.15. The second kappa shape index (κ2) is 3.50. The van der Waals surface area contributed by atoms with Crippen molar-refractivity contribution in [1.29, 1.82) is 0 Å². The Bertz CT molecular complexity index is 301. The van der Waals surface area contributed by atoms with Crippen LogP contribution in [0.3, 0.4) is 0 Å². The fraction of sp³-hybridized carbons (Fsp3) is 0.700. The van der Waals surface area contributed by atoms with Gasteiger partial charge in [0, 0.05) is 26.1 Å². The van der Waals surface area contributed by atoms with E-state index in [9.17, 15) is 0 Å². The molecule has 3 nitrogen and oxygen atoms in total. The normalized spacial score (nSPS) is 15.8. The van der Waals surface area contributed by atoms with Crippen molar-refractivity contribution in [3.05, 3.63) is 17.2 Å². The molecule has 0 aliphatic carbocycles. The van der Waals surface area contributed by atoms with Gasteiger partial charge in [-0.1, -0.05) is 6.92 Å². The summed E-state index contributed by atoms with van der Waals surface area (Å²) in [5.41, 5.74) is 2.72. The molecule has 1 aromatic heterocycles. The number of imidazole rings is 1. The third-order valence-electron chi connectivity index (χ3n) is 2.62. The van der Waals surface area contributed by atoms with Crippen LogP contribution in [0.2, 0.25) is 0 Å². The average Bonchev–Trinajstić information content (AvgIpc) is 2.44. The highest BCUT2D eigenvalue weighted by atomic mass is 15.1. The summed E-state index contributed by atoms with van der Waals surface area (Å²) in [6.07, 6.45) is 2.27. The molecule has 0 aromatic carbocycles. The van der Waals surface area contributed by atoms with Crippen LogP contribution in [-0.2, 0) is 19.5 Å². The second-order valence-corrected chi connectivity index (χ2v) is 3.63. The molecule has 0 atom stereocenters. The third kappa shape index (κ3) is 1.48. The summed E-state index contributed by atoms with van der Waals surface area (Å²) < 4.78 is 2.35. The van der Waals surface area contributed by atoms with Crippen molar-refractivity contribution in [2.24, 2.45) is 0 Å². The number of rotatable bonds is 2. The van der Waals surface area contributed by atoms with E-state index in [1.165, 1.54) is 23.6 Å². The summed E-state index contributed by atoms with van der Waals surface area (Å²) in [5, 5.41) is 3.39. The SMILES string of the molecule is CCCn1c(C)nc2c1CNCC2. The highest BCUT2D eigenvalue weighted by Gasteiger charge is 2.16. The van der Waals surface area contributed by atoms with E-state index in [0.717, 1.165) is 26.1 Å². The van der Waals surface area contributed by atoms with E-state index in [4.69, 9.17) is 0 Å². The van der Waals surface area contributed by atoms with Crippen LogP contribution in [0.5, 0.6) is 0 Å². The lowest BCUT2D eigenvalue weighted by Crippen LogP contribution is -2.25. The van der Waals surface area contributed by atoms with E-state index >= 15 is 0 Å². The topological polar surface area (TPSA) is 29.9 Å². The lowest BCUT2D eigenvalue weighted by molar-refractivity contribution is 0.566. The first-order chi connectivity index (χ1) is 6.33. The molecule has 0 saturated heterocycles. The molecule has 0 fully saturated rings. The molecule has 0 radical (unpaired) electrons. The molecular formula is C10H17N3. The maximum Gasteiger partial charge on any atom is 0.106 e. The van der Waals surface area contributed by atoms with Gasteiger partial charge in [-0.3, -0.25) is 0 Å². The Hall–Kier alpha value is -0.830. The van der Waals surface area contributed by atoms with Gasteiger partial charge in [0.05, 0.1) is 11.4 Å². The fourth-order valence-corrected chi connectivity index (χ4v) is 2.00. The molecule has 1 aromatic rings. The lowest BCUT2D eigenvalue weighted by atomic mass is 10.2. The van der Waals surface area contributed by atoms with Crippen LogP contribution in [0.15, 0.2) is 0 Å². The van der Waals surface area contributed by atoms with E-state index in [1.807, 2.05) is 0 Å². The predicted molar refractivity (Wildman–Crippen MR) is 52.7 cm³/mol. The van der Waals surface area contributed by atoms with E-state index in [0.29, 0.717) is 0 Å². The largest absolute Gasteiger partial charge is 0.331 e. The van der Waals surface area contributed by atoms with Gasteiger partial charge in [0.1, 0.15) is 5.82 Å². The number of aromatic nitrogens is 2. The van der Waals surface area contributed by atoms with Gasteiger partial charge >= 0.3 is 0 Å². The molecule has 0 amide bonds. The first-order valence-corrected chi connectivity index (χ1v) is 5.08. The van der Waals surface area contributed by atoms with Gasteiger partial charge < -0.3 is 9.88 Å².